The van der Waals surface area contributed by atoms with Crippen LogP contribution in [0.2, 0.25) is 20.1 Å². The number of rotatable bonds is 11. The van der Waals surface area contributed by atoms with Crippen LogP contribution in [-0.4, -0.2) is 43.8 Å². The van der Waals surface area contributed by atoms with Gasteiger partial charge in [0.2, 0.25) is 11.8 Å². The Kier molecular flexibility index (Phi) is 11.1. The Morgan fingerprint density at radius 1 is 0.905 bits per heavy atom. The van der Waals surface area contributed by atoms with Crippen LogP contribution < -0.4 is 9.62 Å². The summed E-state index contributed by atoms with van der Waals surface area (Å²) in [5, 5.41) is 4.17. The van der Waals surface area contributed by atoms with Gasteiger partial charge < -0.3 is 10.2 Å². The minimum absolute atomic E-state index is 0.0258. The Hall–Kier alpha value is -2.49. The van der Waals surface area contributed by atoms with E-state index in [-0.39, 0.29) is 34.1 Å². The SMILES string of the molecule is CC[C@@H](C(=O)NC1CCCC1)N(Cc1ccc(Cl)cc1Cl)C(=O)CN(c1ccc(Cl)cc1Cl)S(=O)(=O)c1ccccc1. The van der Waals surface area contributed by atoms with E-state index in [0.29, 0.717) is 27.1 Å². The maximum absolute atomic E-state index is 14.2. The summed E-state index contributed by atoms with van der Waals surface area (Å²) in [4.78, 5) is 29.1. The quantitative estimate of drug-likeness (QED) is 0.231. The van der Waals surface area contributed by atoms with E-state index in [1.165, 1.54) is 35.2 Å². The first kappa shape index (κ1) is 32.4. The first-order valence-electron chi connectivity index (χ1n) is 13.6. The number of amides is 2. The fourth-order valence-electron chi connectivity index (χ4n) is 5.04. The molecule has 0 spiro atoms. The molecule has 0 radical (unpaired) electrons. The van der Waals surface area contributed by atoms with E-state index < -0.39 is 28.5 Å². The van der Waals surface area contributed by atoms with Gasteiger partial charge in [0.25, 0.3) is 10.0 Å². The zero-order valence-electron chi connectivity index (χ0n) is 22.9. The second-order valence-electron chi connectivity index (χ2n) is 10.1. The predicted molar refractivity (Wildman–Crippen MR) is 169 cm³/mol. The van der Waals surface area contributed by atoms with Gasteiger partial charge in [-0.25, -0.2) is 8.42 Å². The van der Waals surface area contributed by atoms with E-state index in [2.05, 4.69) is 5.32 Å². The molecule has 0 unspecified atom stereocenters. The summed E-state index contributed by atoms with van der Waals surface area (Å²) in [5.41, 5.74) is 0.634. The lowest BCUT2D eigenvalue weighted by molar-refractivity contribution is -0.140. The number of benzene rings is 3. The van der Waals surface area contributed by atoms with E-state index in [4.69, 9.17) is 46.4 Å². The normalized spacial score (nSPS) is 14.4. The van der Waals surface area contributed by atoms with Gasteiger partial charge in [-0.15, -0.1) is 0 Å². The topological polar surface area (TPSA) is 86.8 Å². The van der Waals surface area contributed by atoms with Crippen molar-refractivity contribution in [3.8, 4) is 0 Å². The molecule has 224 valence electrons. The molecule has 1 saturated carbocycles. The molecule has 7 nitrogen and oxygen atoms in total. The number of nitrogens with one attached hydrogen (secondary N) is 1. The number of carbonyl (C=O) groups is 2. The molecule has 1 aliphatic carbocycles. The van der Waals surface area contributed by atoms with Gasteiger partial charge in [-0.2, -0.15) is 0 Å². The van der Waals surface area contributed by atoms with E-state index in [9.17, 15) is 18.0 Å². The Balaban J connectivity index is 1.75. The molecule has 2 amide bonds. The van der Waals surface area contributed by atoms with Crippen molar-refractivity contribution in [2.45, 2.75) is 62.6 Å². The maximum atomic E-state index is 14.2. The monoisotopic (exact) mass is 669 g/mol. The van der Waals surface area contributed by atoms with Gasteiger partial charge in [0.1, 0.15) is 12.6 Å². The molecule has 3 aromatic carbocycles. The molecule has 1 aliphatic rings. The third-order valence-corrected chi connectivity index (χ3v) is 10.1. The largest absolute Gasteiger partial charge is 0.352 e. The summed E-state index contributed by atoms with van der Waals surface area (Å²) >= 11 is 25.1. The molecule has 12 heteroatoms. The number of anilines is 1. The highest BCUT2D eigenvalue weighted by molar-refractivity contribution is 7.92. The molecule has 42 heavy (non-hydrogen) atoms. The van der Waals surface area contributed by atoms with Gasteiger partial charge in [-0.05, 0) is 67.3 Å². The Morgan fingerprint density at radius 3 is 2.12 bits per heavy atom. The summed E-state index contributed by atoms with van der Waals surface area (Å²) in [6, 6.07) is 16.1. The fraction of sp³-hybridized carbons (Fsp3) is 0.333. The third kappa shape index (κ3) is 7.71. The maximum Gasteiger partial charge on any atom is 0.264 e. The van der Waals surface area contributed by atoms with Gasteiger partial charge in [0.15, 0.2) is 0 Å². The zero-order valence-corrected chi connectivity index (χ0v) is 26.7. The summed E-state index contributed by atoms with van der Waals surface area (Å²) in [6.45, 7) is 1.13. The second-order valence-corrected chi connectivity index (χ2v) is 13.6. The van der Waals surface area contributed by atoms with Crippen molar-refractivity contribution in [3.63, 3.8) is 0 Å². The number of halogens is 4. The summed E-state index contributed by atoms with van der Waals surface area (Å²) in [7, 11) is -4.26. The molecule has 0 saturated heterocycles. The van der Waals surface area contributed by atoms with Gasteiger partial charge in [0.05, 0.1) is 15.6 Å². The smallest absolute Gasteiger partial charge is 0.264 e. The van der Waals surface area contributed by atoms with Crippen molar-refractivity contribution in [1.82, 2.24) is 10.2 Å². The molecule has 4 rings (SSSR count). The van der Waals surface area contributed by atoms with E-state index in [1.54, 1.807) is 43.3 Å². The van der Waals surface area contributed by atoms with Crippen LogP contribution in [-0.2, 0) is 26.2 Å². The number of sulfonamides is 1. The predicted octanol–water partition coefficient (Wildman–Crippen LogP) is 7.36. The van der Waals surface area contributed by atoms with Gasteiger partial charge >= 0.3 is 0 Å². The van der Waals surface area contributed by atoms with Crippen molar-refractivity contribution in [2.24, 2.45) is 0 Å². The molecule has 0 aliphatic heterocycles. The number of hydrogen-bond acceptors (Lipinski definition) is 4. The zero-order chi connectivity index (χ0) is 30.4. The lowest BCUT2D eigenvalue weighted by atomic mass is 10.1. The molecule has 0 bridgehead atoms. The standard InChI is InChI=1S/C30H31Cl4N3O4S/c1-2-27(30(39)35-23-8-6-7-9-23)36(18-20-12-13-21(31)16-25(20)33)29(38)19-37(28-15-14-22(32)17-26(28)34)42(40,41)24-10-4-3-5-11-24/h3-5,10-17,23,27H,2,6-9,18-19H2,1H3,(H,35,39)/t27-/m0/s1. The number of nitrogens with zero attached hydrogens (tertiary/aromatic N) is 2. The first-order chi connectivity index (χ1) is 20.0. The Morgan fingerprint density at radius 2 is 1.52 bits per heavy atom. The molecule has 0 heterocycles. The van der Waals surface area contributed by atoms with Crippen molar-refractivity contribution in [2.75, 3.05) is 10.8 Å². The average molecular weight is 671 g/mol. The second kappa shape index (κ2) is 14.3. The third-order valence-electron chi connectivity index (χ3n) is 7.23. The van der Waals surface area contributed by atoms with Crippen LogP contribution >= 0.6 is 46.4 Å². The minimum atomic E-state index is -4.26. The van der Waals surface area contributed by atoms with E-state index in [1.807, 2.05) is 0 Å². The molecular weight excluding hydrogens is 640 g/mol. The van der Waals surface area contributed by atoms with Crippen LogP contribution in [0, 0.1) is 0 Å². The highest BCUT2D eigenvalue weighted by Crippen LogP contribution is 2.33. The van der Waals surface area contributed by atoms with Crippen molar-refractivity contribution >= 4 is 73.9 Å². The summed E-state index contributed by atoms with van der Waals surface area (Å²) in [6.07, 6.45) is 4.09. The van der Waals surface area contributed by atoms with E-state index >= 15 is 0 Å². The van der Waals surface area contributed by atoms with Crippen LogP contribution in [0.1, 0.15) is 44.6 Å². The Bertz CT molecular complexity index is 1530. The lowest BCUT2D eigenvalue weighted by Crippen LogP contribution is -2.53. The summed E-state index contributed by atoms with van der Waals surface area (Å²) in [5.74, 6) is -0.912. The molecule has 1 fully saturated rings. The number of carbonyl (C=O) groups excluding carboxylic acids is 2. The fourth-order valence-corrected chi connectivity index (χ4v) is 7.52. The van der Waals surface area contributed by atoms with Crippen molar-refractivity contribution in [3.05, 3.63) is 92.4 Å². The molecule has 0 aromatic heterocycles. The van der Waals surface area contributed by atoms with E-state index in [0.717, 1.165) is 30.0 Å². The van der Waals surface area contributed by atoms with Gasteiger partial charge in [-0.1, -0.05) is 90.4 Å². The molecule has 3 aromatic rings. The average Bonchev–Trinajstić information content (AvgIpc) is 3.46. The minimum Gasteiger partial charge on any atom is -0.352 e. The Labute approximate surface area is 266 Å². The van der Waals surface area contributed by atoms with Crippen LogP contribution in [0.15, 0.2) is 71.6 Å². The molecular formula is C30H31Cl4N3O4S. The van der Waals surface area contributed by atoms with Crippen LogP contribution in [0.25, 0.3) is 0 Å². The van der Waals surface area contributed by atoms with Crippen molar-refractivity contribution in [1.29, 1.82) is 0 Å². The first-order valence-corrected chi connectivity index (χ1v) is 16.5. The van der Waals surface area contributed by atoms with Crippen molar-refractivity contribution < 1.29 is 18.0 Å². The lowest BCUT2D eigenvalue weighted by Gasteiger charge is -2.34. The van der Waals surface area contributed by atoms with Crippen LogP contribution in [0.4, 0.5) is 5.69 Å². The van der Waals surface area contributed by atoms with Gasteiger partial charge in [0, 0.05) is 27.7 Å². The molecule has 1 atom stereocenters. The number of hydrogen-bond donors (Lipinski definition) is 1. The highest BCUT2D eigenvalue weighted by Gasteiger charge is 2.35. The highest BCUT2D eigenvalue weighted by atomic mass is 35.5. The van der Waals surface area contributed by atoms with Crippen LogP contribution in [0.3, 0.4) is 0 Å². The van der Waals surface area contributed by atoms with Crippen LogP contribution in [0.5, 0.6) is 0 Å². The summed E-state index contributed by atoms with van der Waals surface area (Å²) < 4.78 is 28.8. The van der Waals surface area contributed by atoms with Gasteiger partial charge in [-0.3, -0.25) is 13.9 Å². The molecule has 1 N–H and O–H groups in total.